The fraction of sp³-hybridized carbons (Fsp3) is 0.986. The van der Waals surface area contributed by atoms with Crippen LogP contribution in [0.1, 0.15) is 0 Å². The summed E-state index contributed by atoms with van der Waals surface area (Å²) in [5, 5.41) is 6.12. The van der Waals surface area contributed by atoms with Gasteiger partial charge in [-0.05, 0) is 5.53 Å². The number of rotatable bonds is 109. The summed E-state index contributed by atoms with van der Waals surface area (Å²) in [6.45, 7) is 34.1. The second-order valence-electron chi connectivity index (χ2n) is 22.9. The second kappa shape index (κ2) is 110. The van der Waals surface area contributed by atoms with Crippen molar-refractivity contribution >= 4 is 28.5 Å². The number of amides is 1. The monoisotopic (exact) mass is 1790 g/mol. The third-order valence-electron chi connectivity index (χ3n) is 13.7. The number of azide groups is 1. The molecule has 0 radical (unpaired) electrons. The third-order valence-corrected chi connectivity index (χ3v) is 14.4. The Morgan fingerprint density at radius 1 is 0.183 bits per heavy atom. The first-order valence-electron chi connectivity index (χ1n) is 40.4. The van der Waals surface area contributed by atoms with E-state index < -0.39 is 0 Å². The highest BCUT2D eigenvalue weighted by atomic mass is 127. The maximum absolute atomic E-state index is 11.1. The molecule has 0 aliphatic heterocycles. The maximum atomic E-state index is 11.1. The number of nitrogens with one attached hydrogen (secondary N) is 1. The van der Waals surface area contributed by atoms with E-state index in [-0.39, 0.29) is 5.91 Å². The van der Waals surface area contributed by atoms with Gasteiger partial charge in [-0.2, -0.15) is 0 Å². The minimum absolute atomic E-state index is 0.00532. The van der Waals surface area contributed by atoms with Crippen LogP contribution in [0, 0.1) is 0 Å². The van der Waals surface area contributed by atoms with Crippen LogP contribution < -0.4 is 5.32 Å². The van der Waals surface area contributed by atoms with E-state index in [1.165, 1.54) is 0 Å². The summed E-state index contributed by atoms with van der Waals surface area (Å²) in [4.78, 5) is 13.8. The topological polar surface area (TPSA) is 401 Å². The average molecular weight is 1800 g/mol. The van der Waals surface area contributed by atoms with Gasteiger partial charge >= 0.3 is 0 Å². The second-order valence-corrected chi connectivity index (χ2v) is 23.6. The number of halogens is 1. The summed E-state index contributed by atoms with van der Waals surface area (Å²) >= 11 is 2.02. The Labute approximate surface area is 696 Å². The summed E-state index contributed by atoms with van der Waals surface area (Å²) in [6, 6.07) is 0. The van der Waals surface area contributed by atoms with Crippen molar-refractivity contribution in [2.45, 2.75) is 0 Å². The number of ether oxygens (including phenoxy) is 35. The van der Waals surface area contributed by atoms with Crippen molar-refractivity contribution in [3.63, 3.8) is 0 Å². The summed E-state index contributed by atoms with van der Waals surface area (Å²) in [6.07, 6.45) is 0. The Bertz CT molecular complexity index is 1800. The number of hydrogen-bond acceptors (Lipinski definition) is 37. The molecule has 40 nitrogen and oxygen atoms in total. The van der Waals surface area contributed by atoms with Gasteiger partial charge in [0.25, 0.3) is 0 Å². The fourth-order valence-corrected chi connectivity index (χ4v) is 8.31. The molecule has 0 aromatic carbocycles. The molecule has 1 amide bonds. The number of nitrogens with zero attached hydrogens (tertiary/aromatic N) is 3. The zero-order valence-electron chi connectivity index (χ0n) is 69.0. The molecular formula is C74H147IN4O36. The minimum Gasteiger partial charge on any atom is -0.379 e. The molecule has 0 saturated heterocycles. The zero-order chi connectivity index (χ0) is 82.1. The van der Waals surface area contributed by atoms with Crippen LogP contribution in [0.5, 0.6) is 0 Å². The van der Waals surface area contributed by atoms with Crippen LogP contribution in [-0.4, -0.2) is 486 Å². The first-order valence-corrected chi connectivity index (χ1v) is 41.9. The van der Waals surface area contributed by atoms with Crippen molar-refractivity contribution in [3.05, 3.63) is 10.4 Å². The molecule has 0 heterocycles. The molecule has 115 heavy (non-hydrogen) atoms. The molecule has 0 aliphatic rings. The summed E-state index contributed by atoms with van der Waals surface area (Å²) < 4.78 is 193. The highest BCUT2D eigenvalue weighted by Gasteiger charge is 2.04. The van der Waals surface area contributed by atoms with Crippen molar-refractivity contribution < 1.29 is 171 Å². The van der Waals surface area contributed by atoms with Crippen LogP contribution >= 0.6 is 22.6 Å². The molecule has 0 spiro atoms. The lowest BCUT2D eigenvalue weighted by Crippen LogP contribution is -2.28. The van der Waals surface area contributed by atoms with Crippen molar-refractivity contribution in [3.8, 4) is 0 Å². The molecule has 0 rings (SSSR count). The SMILES string of the molecule is [N-]=[N+]=NCCOCCOCCOCCOCCOCCOCCOCCOCCOCCOCCOCCOCCOCCOCCOCCOCCOCCOCCOCCOCCOCCOCCOCCOCCOCCOCCOCCOCCOCCOCCOCCOCCOCCOCCOCCNC(=O)CI. The number of carbonyl (C=O) groups excluding carboxylic acids is 1. The molecule has 0 unspecified atom stereocenters. The van der Waals surface area contributed by atoms with Gasteiger partial charge in [-0.15, -0.1) is 0 Å². The predicted molar refractivity (Wildman–Crippen MR) is 425 cm³/mol. The molecule has 0 aromatic rings. The van der Waals surface area contributed by atoms with Gasteiger partial charge < -0.3 is 171 Å². The van der Waals surface area contributed by atoms with E-state index in [1.807, 2.05) is 22.6 Å². The van der Waals surface area contributed by atoms with E-state index in [0.717, 1.165) is 0 Å². The zero-order valence-corrected chi connectivity index (χ0v) is 71.2. The Morgan fingerprint density at radius 2 is 0.278 bits per heavy atom. The van der Waals surface area contributed by atoms with Crippen LogP contribution in [0.2, 0.25) is 0 Å². The van der Waals surface area contributed by atoms with E-state index in [0.29, 0.717) is 480 Å². The molecule has 41 heteroatoms. The summed E-state index contributed by atoms with van der Waals surface area (Å²) in [5.74, 6) is 0.00532. The van der Waals surface area contributed by atoms with E-state index in [2.05, 4.69) is 15.3 Å². The van der Waals surface area contributed by atoms with Crippen LogP contribution in [-0.2, 0) is 171 Å². The van der Waals surface area contributed by atoms with Crippen LogP contribution in [0.15, 0.2) is 5.11 Å². The summed E-state index contributed by atoms with van der Waals surface area (Å²) in [7, 11) is 0. The van der Waals surface area contributed by atoms with Gasteiger partial charge in [0, 0.05) is 18.0 Å². The molecule has 0 saturated carbocycles. The predicted octanol–water partition coefficient (Wildman–Crippen LogP) is 1.43. The Balaban J connectivity index is 3.10. The Kier molecular flexibility index (Phi) is 108. The van der Waals surface area contributed by atoms with E-state index in [9.17, 15) is 4.79 Å². The number of hydrogen-bond donors (Lipinski definition) is 1. The quantitative estimate of drug-likeness (QED) is 0.0225. The highest BCUT2D eigenvalue weighted by molar-refractivity contribution is 14.1. The smallest absolute Gasteiger partial charge is 0.229 e. The van der Waals surface area contributed by atoms with E-state index in [1.54, 1.807) is 0 Å². The van der Waals surface area contributed by atoms with Gasteiger partial charge in [0.05, 0.1) is 467 Å². The van der Waals surface area contributed by atoms with Crippen LogP contribution in [0.3, 0.4) is 0 Å². The fourth-order valence-electron chi connectivity index (χ4n) is 8.04. The first kappa shape index (κ1) is 113. The van der Waals surface area contributed by atoms with Crippen molar-refractivity contribution in [2.75, 3.05) is 480 Å². The standard InChI is InChI=1S/C74H147IN4O36/c75-73-74(80)77-1-3-81-5-7-83-9-11-85-13-15-87-17-19-89-21-23-91-25-27-93-29-31-95-33-35-97-37-39-99-41-43-101-45-47-103-49-51-105-53-55-107-57-59-109-61-63-111-65-67-113-69-71-115-72-70-114-68-66-112-64-62-110-60-58-108-56-54-106-52-50-104-48-46-102-44-42-100-40-38-98-36-34-96-32-30-94-28-26-92-24-22-90-20-18-88-16-14-86-12-10-84-8-6-82-4-2-78-79-76/h1-73H2,(H,77,80). The van der Waals surface area contributed by atoms with Gasteiger partial charge in [0.15, 0.2) is 0 Å². The molecule has 0 aromatic heterocycles. The highest BCUT2D eigenvalue weighted by Crippen LogP contribution is 1.95. The van der Waals surface area contributed by atoms with E-state index >= 15 is 0 Å². The lowest BCUT2D eigenvalue weighted by atomic mass is 10.6. The molecule has 686 valence electrons. The maximum Gasteiger partial charge on any atom is 0.229 e. The van der Waals surface area contributed by atoms with Crippen LogP contribution in [0.4, 0.5) is 0 Å². The van der Waals surface area contributed by atoms with Crippen molar-refractivity contribution in [1.82, 2.24) is 5.32 Å². The third kappa shape index (κ3) is 110. The Hall–Kier alpha value is -1.89. The van der Waals surface area contributed by atoms with Gasteiger partial charge in [0.2, 0.25) is 5.91 Å². The van der Waals surface area contributed by atoms with Gasteiger partial charge in [-0.3, -0.25) is 4.79 Å². The lowest BCUT2D eigenvalue weighted by Gasteiger charge is -2.09. The van der Waals surface area contributed by atoms with Gasteiger partial charge in [-0.1, -0.05) is 27.7 Å². The van der Waals surface area contributed by atoms with E-state index in [4.69, 9.17) is 171 Å². The Morgan fingerprint density at radius 3 is 0.374 bits per heavy atom. The molecular weight excluding hydrogens is 1650 g/mol. The summed E-state index contributed by atoms with van der Waals surface area (Å²) in [5.41, 5.74) is 8.18. The molecule has 0 fully saturated rings. The normalized spacial score (nSPS) is 11.7. The van der Waals surface area contributed by atoms with Crippen molar-refractivity contribution in [1.29, 1.82) is 0 Å². The number of carbonyl (C=O) groups is 1. The molecule has 0 aliphatic carbocycles. The molecule has 1 N–H and O–H groups in total. The average Bonchev–Trinajstić information content (AvgIpc) is 3.87. The molecule has 0 atom stereocenters. The largest absolute Gasteiger partial charge is 0.379 e. The van der Waals surface area contributed by atoms with Gasteiger partial charge in [-0.25, -0.2) is 0 Å². The number of alkyl halides is 1. The van der Waals surface area contributed by atoms with Crippen molar-refractivity contribution in [2.24, 2.45) is 5.11 Å². The minimum atomic E-state index is 0.00532. The lowest BCUT2D eigenvalue weighted by molar-refractivity contribution is -0.118. The molecule has 0 bridgehead atoms. The van der Waals surface area contributed by atoms with Crippen LogP contribution in [0.25, 0.3) is 10.4 Å². The first-order chi connectivity index (χ1) is 57.3. The van der Waals surface area contributed by atoms with Gasteiger partial charge in [0.1, 0.15) is 0 Å².